The molecular weight excluding hydrogens is 315 g/mol. The second kappa shape index (κ2) is 5.65. The van der Waals surface area contributed by atoms with Crippen molar-refractivity contribution in [1.29, 1.82) is 0 Å². The van der Waals surface area contributed by atoms with Gasteiger partial charge in [0.05, 0.1) is 23.5 Å². The van der Waals surface area contributed by atoms with Crippen LogP contribution in [0.3, 0.4) is 0 Å². The molecule has 3 rings (SSSR count). The van der Waals surface area contributed by atoms with Gasteiger partial charge in [0, 0.05) is 10.0 Å². The van der Waals surface area contributed by atoms with Gasteiger partial charge < -0.3 is 4.57 Å². The highest BCUT2D eigenvalue weighted by molar-refractivity contribution is 6.35. The summed E-state index contributed by atoms with van der Waals surface area (Å²) in [6.45, 7) is 0.624. The van der Waals surface area contributed by atoms with Gasteiger partial charge in [0.1, 0.15) is 5.82 Å². The van der Waals surface area contributed by atoms with Gasteiger partial charge in [0.2, 0.25) is 0 Å². The lowest BCUT2D eigenvalue weighted by atomic mass is 10.2. The third-order valence-corrected chi connectivity index (χ3v) is 4.02. The van der Waals surface area contributed by atoms with Crippen molar-refractivity contribution in [2.45, 2.75) is 12.4 Å². The minimum absolute atomic E-state index is 0.361. The van der Waals surface area contributed by atoms with Crippen LogP contribution in [0.15, 0.2) is 42.5 Å². The topological polar surface area (TPSA) is 17.8 Å². The monoisotopic (exact) mass is 324 g/mol. The molecule has 0 aliphatic carbocycles. The Morgan fingerprint density at radius 3 is 2.60 bits per heavy atom. The fourth-order valence-corrected chi connectivity index (χ4v) is 2.90. The summed E-state index contributed by atoms with van der Waals surface area (Å²) in [6.07, 6.45) is 0. The fourth-order valence-electron chi connectivity index (χ4n) is 2.22. The molecule has 0 amide bonds. The molecule has 102 valence electrons. The number of imidazole rings is 1. The molecule has 3 aromatic rings. The van der Waals surface area contributed by atoms with Crippen LogP contribution in [0.25, 0.3) is 11.0 Å². The minimum Gasteiger partial charge on any atom is -0.322 e. The van der Waals surface area contributed by atoms with Crippen LogP contribution in [0.4, 0.5) is 0 Å². The summed E-state index contributed by atoms with van der Waals surface area (Å²) < 4.78 is 2.08. The zero-order valence-electron chi connectivity index (χ0n) is 10.5. The van der Waals surface area contributed by atoms with E-state index in [1.54, 1.807) is 6.07 Å². The molecule has 2 nitrogen and oxygen atoms in total. The predicted molar refractivity (Wildman–Crippen MR) is 84.9 cm³/mol. The minimum atomic E-state index is 0.361. The van der Waals surface area contributed by atoms with Crippen LogP contribution in [0.2, 0.25) is 10.0 Å². The van der Waals surface area contributed by atoms with Crippen molar-refractivity contribution in [3.63, 3.8) is 0 Å². The van der Waals surface area contributed by atoms with Gasteiger partial charge in [0.15, 0.2) is 0 Å². The van der Waals surface area contributed by atoms with Crippen LogP contribution < -0.4 is 0 Å². The van der Waals surface area contributed by atoms with Crippen LogP contribution in [0.5, 0.6) is 0 Å². The lowest BCUT2D eigenvalue weighted by Crippen LogP contribution is -2.04. The van der Waals surface area contributed by atoms with Crippen LogP contribution in [0, 0.1) is 0 Å². The molecule has 0 bridgehead atoms. The SMILES string of the molecule is ClCc1nc2ccccc2n1Cc1ccc(Cl)cc1Cl. The molecular formula is C15H11Cl3N2. The molecule has 20 heavy (non-hydrogen) atoms. The second-order valence-corrected chi connectivity index (χ2v) is 5.58. The van der Waals surface area contributed by atoms with Gasteiger partial charge in [-0.05, 0) is 29.8 Å². The Balaban J connectivity index is 2.09. The molecule has 0 atom stereocenters. The van der Waals surface area contributed by atoms with Crippen molar-refractivity contribution >= 4 is 45.8 Å². The van der Waals surface area contributed by atoms with E-state index >= 15 is 0 Å². The van der Waals surface area contributed by atoms with Crippen LogP contribution in [-0.4, -0.2) is 9.55 Å². The molecule has 1 aromatic heterocycles. The maximum Gasteiger partial charge on any atom is 0.125 e. The zero-order chi connectivity index (χ0) is 14.1. The summed E-state index contributed by atoms with van der Waals surface area (Å²) in [5, 5.41) is 1.28. The van der Waals surface area contributed by atoms with E-state index in [0.717, 1.165) is 22.4 Å². The fraction of sp³-hybridized carbons (Fsp3) is 0.133. The van der Waals surface area contributed by atoms with Gasteiger partial charge in [-0.1, -0.05) is 41.4 Å². The number of halogens is 3. The molecule has 5 heteroatoms. The van der Waals surface area contributed by atoms with Crippen molar-refractivity contribution in [2.24, 2.45) is 0 Å². The summed E-state index contributed by atoms with van der Waals surface area (Å²) in [4.78, 5) is 4.54. The van der Waals surface area contributed by atoms with Crippen LogP contribution in [-0.2, 0) is 12.4 Å². The Bertz CT molecular complexity index is 765. The Kier molecular flexibility index (Phi) is 3.88. The number of benzene rings is 2. The lowest BCUT2D eigenvalue weighted by molar-refractivity contribution is 0.779. The van der Waals surface area contributed by atoms with E-state index in [9.17, 15) is 0 Å². The molecule has 1 heterocycles. The Hall–Kier alpha value is -1.22. The number of aromatic nitrogens is 2. The second-order valence-electron chi connectivity index (χ2n) is 4.47. The first-order valence-corrected chi connectivity index (χ1v) is 7.42. The maximum absolute atomic E-state index is 6.24. The van der Waals surface area contributed by atoms with Crippen molar-refractivity contribution in [1.82, 2.24) is 9.55 Å². The molecule has 0 aliphatic rings. The van der Waals surface area contributed by atoms with Crippen LogP contribution in [0.1, 0.15) is 11.4 Å². The quantitative estimate of drug-likeness (QED) is 0.610. The molecule has 0 unspecified atom stereocenters. The van der Waals surface area contributed by atoms with E-state index in [4.69, 9.17) is 34.8 Å². The summed E-state index contributed by atoms with van der Waals surface area (Å²) >= 11 is 18.2. The van der Waals surface area contributed by atoms with Gasteiger partial charge in [-0.25, -0.2) is 4.98 Å². The van der Waals surface area contributed by atoms with Gasteiger partial charge in [0.25, 0.3) is 0 Å². The number of rotatable bonds is 3. The van der Waals surface area contributed by atoms with E-state index in [0.29, 0.717) is 22.5 Å². The molecule has 0 N–H and O–H groups in total. The largest absolute Gasteiger partial charge is 0.322 e. The summed E-state index contributed by atoms with van der Waals surface area (Å²) in [5.74, 6) is 1.19. The number of alkyl halides is 1. The average molecular weight is 326 g/mol. The first-order chi connectivity index (χ1) is 9.69. The molecule has 0 spiro atoms. The summed E-state index contributed by atoms with van der Waals surface area (Å²) in [6, 6.07) is 13.5. The molecule has 2 aromatic carbocycles. The van der Waals surface area contributed by atoms with Crippen molar-refractivity contribution < 1.29 is 0 Å². The van der Waals surface area contributed by atoms with E-state index in [1.807, 2.05) is 36.4 Å². The van der Waals surface area contributed by atoms with E-state index < -0.39 is 0 Å². The van der Waals surface area contributed by atoms with Crippen molar-refractivity contribution in [3.8, 4) is 0 Å². The molecule has 0 saturated heterocycles. The highest BCUT2D eigenvalue weighted by Gasteiger charge is 2.11. The van der Waals surface area contributed by atoms with E-state index in [2.05, 4.69) is 9.55 Å². The number of nitrogens with zero attached hydrogens (tertiary/aromatic N) is 2. The zero-order valence-corrected chi connectivity index (χ0v) is 12.8. The summed E-state index contributed by atoms with van der Waals surface area (Å²) in [5.41, 5.74) is 2.98. The van der Waals surface area contributed by atoms with E-state index in [-0.39, 0.29) is 0 Å². The first kappa shape index (κ1) is 13.7. The van der Waals surface area contributed by atoms with Gasteiger partial charge in [-0.15, -0.1) is 11.6 Å². The van der Waals surface area contributed by atoms with Gasteiger partial charge in [-0.3, -0.25) is 0 Å². The van der Waals surface area contributed by atoms with Crippen LogP contribution >= 0.6 is 34.8 Å². The maximum atomic E-state index is 6.24. The molecule has 0 radical (unpaired) electrons. The van der Waals surface area contributed by atoms with E-state index in [1.165, 1.54) is 0 Å². The predicted octanol–water partition coefficient (Wildman–Crippen LogP) is 5.13. The average Bonchev–Trinajstić information content (AvgIpc) is 2.80. The van der Waals surface area contributed by atoms with Gasteiger partial charge >= 0.3 is 0 Å². The molecule has 0 fully saturated rings. The highest BCUT2D eigenvalue weighted by Crippen LogP contribution is 2.25. The highest BCUT2D eigenvalue weighted by atomic mass is 35.5. The molecule has 0 aliphatic heterocycles. The Morgan fingerprint density at radius 1 is 1.05 bits per heavy atom. The Morgan fingerprint density at radius 2 is 1.85 bits per heavy atom. The number of hydrogen-bond acceptors (Lipinski definition) is 1. The Labute approximate surface area is 131 Å². The normalized spacial score (nSPS) is 11.2. The summed E-state index contributed by atoms with van der Waals surface area (Å²) in [7, 11) is 0. The third-order valence-electron chi connectivity index (χ3n) is 3.20. The number of fused-ring (bicyclic) bond motifs is 1. The smallest absolute Gasteiger partial charge is 0.125 e. The third kappa shape index (κ3) is 2.51. The van der Waals surface area contributed by atoms with Crippen molar-refractivity contribution in [3.05, 3.63) is 63.9 Å². The van der Waals surface area contributed by atoms with Gasteiger partial charge in [-0.2, -0.15) is 0 Å². The molecule has 0 saturated carbocycles. The standard InChI is InChI=1S/C15H11Cl3N2/c16-8-15-19-13-3-1-2-4-14(13)20(15)9-10-5-6-11(17)7-12(10)18/h1-7H,8-9H2. The number of hydrogen-bond donors (Lipinski definition) is 0. The first-order valence-electron chi connectivity index (χ1n) is 6.13. The van der Waals surface area contributed by atoms with Crippen molar-refractivity contribution in [2.75, 3.05) is 0 Å². The number of para-hydroxylation sites is 2. The lowest BCUT2D eigenvalue weighted by Gasteiger charge is -2.09.